The number of nitrogens with one attached hydrogen (secondary N) is 1. The van der Waals surface area contributed by atoms with Crippen LogP contribution < -0.4 is 11.1 Å². The molecule has 0 aliphatic carbocycles. The number of amides is 1. The Labute approximate surface area is 176 Å². The SMILES string of the molecule is CC(C)(C)OC(=O)NCC1OC(O[Si](C)(C)C(C)(C)C)[C@@H](N)C2OC(C)(C)OC12. The first-order chi connectivity index (χ1) is 12.9. The summed E-state index contributed by atoms with van der Waals surface area (Å²) in [7, 11) is -2.13. The van der Waals surface area contributed by atoms with Gasteiger partial charge in [-0.15, -0.1) is 0 Å². The Morgan fingerprint density at radius 1 is 1.10 bits per heavy atom. The van der Waals surface area contributed by atoms with E-state index in [-0.39, 0.29) is 17.7 Å². The molecule has 0 bridgehead atoms. The minimum absolute atomic E-state index is 0.00347. The summed E-state index contributed by atoms with van der Waals surface area (Å²) in [4.78, 5) is 12.1. The molecule has 2 aliphatic heterocycles. The van der Waals surface area contributed by atoms with Crippen molar-refractivity contribution < 1.29 is 28.2 Å². The third kappa shape index (κ3) is 6.14. The van der Waals surface area contributed by atoms with Gasteiger partial charge in [-0.3, -0.25) is 0 Å². The van der Waals surface area contributed by atoms with Crippen LogP contribution in [0.3, 0.4) is 0 Å². The van der Waals surface area contributed by atoms with Crippen LogP contribution in [-0.4, -0.2) is 63.0 Å². The molecule has 1 amide bonds. The zero-order valence-electron chi connectivity index (χ0n) is 19.6. The Morgan fingerprint density at radius 3 is 2.17 bits per heavy atom. The van der Waals surface area contributed by atoms with E-state index >= 15 is 0 Å². The molecule has 4 unspecified atom stereocenters. The van der Waals surface area contributed by atoms with Crippen LogP contribution in [0.15, 0.2) is 0 Å². The number of hydrogen-bond donors (Lipinski definition) is 2. The molecular formula is C20H40N2O6Si. The number of nitrogens with two attached hydrogens (primary N) is 1. The number of rotatable bonds is 4. The molecule has 0 aromatic heterocycles. The number of carbonyl (C=O) groups excluding carboxylic acids is 1. The molecule has 5 atom stereocenters. The lowest BCUT2D eigenvalue weighted by Crippen LogP contribution is -2.64. The van der Waals surface area contributed by atoms with E-state index < -0.39 is 50.3 Å². The van der Waals surface area contributed by atoms with Crippen molar-refractivity contribution in [2.45, 2.75) is 116 Å². The molecule has 2 aliphatic rings. The van der Waals surface area contributed by atoms with E-state index in [9.17, 15) is 4.79 Å². The van der Waals surface area contributed by atoms with Crippen LogP contribution in [-0.2, 0) is 23.4 Å². The maximum Gasteiger partial charge on any atom is 0.407 e. The summed E-state index contributed by atoms with van der Waals surface area (Å²) in [6.07, 6.45) is -2.41. The molecule has 3 N–H and O–H groups in total. The molecule has 0 radical (unpaired) electrons. The summed E-state index contributed by atoms with van der Waals surface area (Å²) in [5.74, 6) is -0.785. The Bertz CT molecular complexity index is 599. The number of hydrogen-bond acceptors (Lipinski definition) is 7. The van der Waals surface area contributed by atoms with Crippen LogP contribution in [0, 0.1) is 0 Å². The van der Waals surface area contributed by atoms with Gasteiger partial charge in [-0.05, 0) is 52.8 Å². The standard InChI is InChI=1S/C20H40N2O6Si/c1-18(2,3)27-17(23)22-11-12-14-15(26-20(7,8)25-14)13(21)16(24-12)28-29(9,10)19(4,5)6/h12-16H,11,21H2,1-10H3,(H,22,23)/t12?,13-,14?,15?,16?/m0/s1. The van der Waals surface area contributed by atoms with Crippen LogP contribution in [0.4, 0.5) is 4.79 Å². The van der Waals surface area contributed by atoms with Crippen molar-refractivity contribution in [3.05, 3.63) is 0 Å². The van der Waals surface area contributed by atoms with E-state index in [2.05, 4.69) is 39.2 Å². The van der Waals surface area contributed by atoms with Gasteiger partial charge in [-0.1, -0.05) is 20.8 Å². The second-order valence-electron chi connectivity index (χ2n) is 10.9. The van der Waals surface area contributed by atoms with E-state index in [0.717, 1.165) is 0 Å². The maximum absolute atomic E-state index is 12.1. The van der Waals surface area contributed by atoms with Crippen molar-refractivity contribution in [2.75, 3.05) is 6.54 Å². The second-order valence-corrected chi connectivity index (χ2v) is 15.7. The van der Waals surface area contributed by atoms with Crippen molar-refractivity contribution in [3.8, 4) is 0 Å². The molecule has 2 fully saturated rings. The molecule has 8 nitrogen and oxygen atoms in total. The van der Waals surface area contributed by atoms with Crippen LogP contribution in [0.25, 0.3) is 0 Å². The largest absolute Gasteiger partial charge is 0.444 e. The highest BCUT2D eigenvalue weighted by molar-refractivity contribution is 6.74. The fourth-order valence-corrected chi connectivity index (χ4v) is 4.28. The van der Waals surface area contributed by atoms with Crippen molar-refractivity contribution in [3.63, 3.8) is 0 Å². The van der Waals surface area contributed by atoms with E-state index in [4.69, 9.17) is 29.1 Å². The molecule has 2 heterocycles. The van der Waals surface area contributed by atoms with Crippen LogP contribution in [0.5, 0.6) is 0 Å². The lowest BCUT2D eigenvalue weighted by Gasteiger charge is -2.46. The predicted octanol–water partition coefficient (Wildman–Crippen LogP) is 3.11. The topological polar surface area (TPSA) is 101 Å². The second kappa shape index (κ2) is 8.09. The van der Waals surface area contributed by atoms with Gasteiger partial charge >= 0.3 is 6.09 Å². The van der Waals surface area contributed by atoms with Gasteiger partial charge in [0.2, 0.25) is 0 Å². The van der Waals surface area contributed by atoms with E-state index in [1.165, 1.54) is 0 Å². The average molecular weight is 433 g/mol. The molecule has 29 heavy (non-hydrogen) atoms. The van der Waals surface area contributed by atoms with Crippen LogP contribution in [0.1, 0.15) is 55.4 Å². The van der Waals surface area contributed by atoms with Gasteiger partial charge < -0.3 is 34.4 Å². The fraction of sp³-hybridized carbons (Fsp3) is 0.950. The zero-order chi connectivity index (χ0) is 22.4. The van der Waals surface area contributed by atoms with E-state index in [1.807, 2.05) is 34.6 Å². The van der Waals surface area contributed by atoms with Crippen molar-refractivity contribution in [1.82, 2.24) is 5.32 Å². The summed E-state index contributed by atoms with van der Waals surface area (Å²) < 4.78 is 30.1. The van der Waals surface area contributed by atoms with Gasteiger partial charge in [-0.2, -0.15) is 0 Å². The minimum Gasteiger partial charge on any atom is -0.444 e. The molecule has 0 aromatic carbocycles. The Hall–Kier alpha value is -0.713. The Kier molecular flexibility index (Phi) is 6.85. The molecule has 0 saturated carbocycles. The smallest absolute Gasteiger partial charge is 0.407 e. The van der Waals surface area contributed by atoms with Gasteiger partial charge in [0, 0.05) is 6.54 Å². The fourth-order valence-electron chi connectivity index (χ4n) is 3.13. The van der Waals surface area contributed by atoms with E-state index in [1.54, 1.807) is 0 Å². The zero-order valence-corrected chi connectivity index (χ0v) is 20.6. The average Bonchev–Trinajstić information content (AvgIpc) is 2.82. The van der Waals surface area contributed by atoms with E-state index in [0.29, 0.717) is 0 Å². The van der Waals surface area contributed by atoms with Crippen molar-refractivity contribution in [2.24, 2.45) is 5.73 Å². The highest BCUT2D eigenvalue weighted by atomic mass is 28.4. The lowest BCUT2D eigenvalue weighted by atomic mass is 9.97. The maximum atomic E-state index is 12.1. The summed E-state index contributed by atoms with van der Waals surface area (Å²) in [5.41, 5.74) is 5.91. The highest BCUT2D eigenvalue weighted by Gasteiger charge is 2.55. The predicted molar refractivity (Wildman–Crippen MR) is 113 cm³/mol. The molecule has 170 valence electrons. The van der Waals surface area contributed by atoms with Gasteiger partial charge in [0.25, 0.3) is 0 Å². The quantitative estimate of drug-likeness (QED) is 0.658. The van der Waals surface area contributed by atoms with Gasteiger partial charge in [-0.25, -0.2) is 4.79 Å². The summed E-state index contributed by atoms with van der Waals surface area (Å²) in [5, 5.41) is 2.77. The molecule has 9 heteroatoms. The van der Waals surface area contributed by atoms with Gasteiger partial charge in [0.1, 0.15) is 23.9 Å². The minimum atomic E-state index is -2.13. The first kappa shape index (κ1) is 24.6. The normalized spacial score (nSPS) is 32.6. The molecule has 0 spiro atoms. The van der Waals surface area contributed by atoms with Crippen molar-refractivity contribution in [1.29, 1.82) is 0 Å². The molecular weight excluding hydrogens is 392 g/mol. The third-order valence-electron chi connectivity index (χ3n) is 5.60. The first-order valence-electron chi connectivity index (χ1n) is 10.3. The van der Waals surface area contributed by atoms with Crippen LogP contribution in [0.2, 0.25) is 18.1 Å². The number of alkyl carbamates (subject to hydrolysis) is 1. The molecule has 2 rings (SSSR count). The summed E-state index contributed by atoms with van der Waals surface area (Å²) in [6.45, 7) is 20.1. The van der Waals surface area contributed by atoms with Gasteiger partial charge in [0.05, 0.1) is 6.04 Å². The van der Waals surface area contributed by atoms with Crippen LogP contribution >= 0.6 is 0 Å². The van der Waals surface area contributed by atoms with Gasteiger partial charge in [0.15, 0.2) is 20.4 Å². The number of ether oxygens (including phenoxy) is 4. The third-order valence-corrected chi connectivity index (χ3v) is 10.0. The molecule has 0 aromatic rings. The Balaban J connectivity index is 2.15. The number of fused-ring (bicyclic) bond motifs is 1. The highest BCUT2D eigenvalue weighted by Crippen LogP contribution is 2.41. The monoisotopic (exact) mass is 432 g/mol. The summed E-state index contributed by atoms with van der Waals surface area (Å²) >= 11 is 0. The first-order valence-corrected chi connectivity index (χ1v) is 13.2. The Morgan fingerprint density at radius 2 is 1.66 bits per heavy atom. The lowest BCUT2D eigenvalue weighted by molar-refractivity contribution is -0.209. The number of carbonyl (C=O) groups is 1. The summed E-state index contributed by atoms with van der Waals surface area (Å²) in [6, 6.07) is -0.492. The molecule has 2 saturated heterocycles. The van der Waals surface area contributed by atoms with Crippen molar-refractivity contribution >= 4 is 14.4 Å².